The Labute approximate surface area is 121 Å². The highest BCUT2D eigenvalue weighted by molar-refractivity contribution is 6.42. The maximum absolute atomic E-state index is 12.2. The standard InChI is InChI=1S/C12H7Cl2F3N2O/c13-9-2-1-7(3-10(9)14)5-19-6-8(4-18-19)11(20)12(15,16)17/h1-4,6H,5H2. The van der Waals surface area contributed by atoms with Crippen molar-refractivity contribution in [2.75, 3.05) is 0 Å². The van der Waals surface area contributed by atoms with Gasteiger partial charge in [0.1, 0.15) is 0 Å². The Morgan fingerprint density at radius 2 is 1.95 bits per heavy atom. The molecule has 2 rings (SSSR count). The zero-order chi connectivity index (χ0) is 14.9. The van der Waals surface area contributed by atoms with Crippen LogP contribution in [0, 0.1) is 0 Å². The van der Waals surface area contributed by atoms with Crippen molar-refractivity contribution in [2.45, 2.75) is 12.7 Å². The molecule has 0 amide bonds. The topological polar surface area (TPSA) is 34.9 Å². The minimum absolute atomic E-state index is 0.183. The smallest absolute Gasteiger partial charge is 0.284 e. The third-order valence-electron chi connectivity index (χ3n) is 2.48. The number of alkyl halides is 3. The molecule has 1 aromatic carbocycles. The molecule has 0 fully saturated rings. The molecular formula is C12H7Cl2F3N2O. The van der Waals surface area contributed by atoms with Crippen LogP contribution < -0.4 is 0 Å². The number of ketones is 1. The molecule has 1 aromatic heterocycles. The second-order valence-electron chi connectivity index (χ2n) is 4.00. The Bertz CT molecular complexity index is 652. The van der Waals surface area contributed by atoms with E-state index in [0.717, 1.165) is 12.4 Å². The first-order chi connectivity index (χ1) is 9.27. The van der Waals surface area contributed by atoms with E-state index < -0.39 is 17.5 Å². The Hall–Kier alpha value is -1.53. The van der Waals surface area contributed by atoms with E-state index in [1.807, 2.05) is 0 Å². The number of aromatic nitrogens is 2. The van der Waals surface area contributed by atoms with E-state index in [-0.39, 0.29) is 6.54 Å². The van der Waals surface area contributed by atoms with Crippen LogP contribution in [0.25, 0.3) is 0 Å². The van der Waals surface area contributed by atoms with Gasteiger partial charge in [-0.15, -0.1) is 0 Å². The summed E-state index contributed by atoms with van der Waals surface area (Å²) in [5, 5.41) is 4.43. The van der Waals surface area contributed by atoms with Gasteiger partial charge in [-0.1, -0.05) is 29.3 Å². The predicted molar refractivity (Wildman–Crippen MR) is 68.2 cm³/mol. The number of carbonyl (C=O) groups is 1. The summed E-state index contributed by atoms with van der Waals surface area (Å²) >= 11 is 11.6. The number of nitrogens with zero attached hydrogens (tertiary/aromatic N) is 2. The fraction of sp³-hybridized carbons (Fsp3) is 0.167. The van der Waals surface area contributed by atoms with Crippen LogP contribution in [0.2, 0.25) is 10.0 Å². The van der Waals surface area contributed by atoms with Gasteiger partial charge in [-0.05, 0) is 17.7 Å². The summed E-state index contributed by atoms with van der Waals surface area (Å²) in [7, 11) is 0. The van der Waals surface area contributed by atoms with Gasteiger partial charge in [0, 0.05) is 6.20 Å². The Morgan fingerprint density at radius 3 is 2.55 bits per heavy atom. The summed E-state index contributed by atoms with van der Waals surface area (Å²) in [5.41, 5.74) is 0.200. The normalized spacial score (nSPS) is 11.7. The molecule has 0 aliphatic carbocycles. The van der Waals surface area contributed by atoms with Crippen molar-refractivity contribution >= 4 is 29.0 Å². The first-order valence-corrected chi connectivity index (χ1v) is 6.11. The summed E-state index contributed by atoms with van der Waals surface area (Å²) in [6, 6.07) is 4.82. The average Bonchev–Trinajstić information content (AvgIpc) is 2.80. The molecule has 0 unspecified atom stereocenters. The highest BCUT2D eigenvalue weighted by atomic mass is 35.5. The third-order valence-corrected chi connectivity index (χ3v) is 3.22. The third kappa shape index (κ3) is 3.32. The molecule has 3 nitrogen and oxygen atoms in total. The molecule has 1 heterocycles. The zero-order valence-corrected chi connectivity index (χ0v) is 11.3. The fourth-order valence-electron chi connectivity index (χ4n) is 1.56. The van der Waals surface area contributed by atoms with E-state index in [0.29, 0.717) is 15.6 Å². The van der Waals surface area contributed by atoms with E-state index >= 15 is 0 Å². The fourth-order valence-corrected chi connectivity index (χ4v) is 1.88. The largest absolute Gasteiger partial charge is 0.454 e. The molecule has 20 heavy (non-hydrogen) atoms. The minimum atomic E-state index is -4.91. The first-order valence-electron chi connectivity index (χ1n) is 5.35. The van der Waals surface area contributed by atoms with E-state index in [4.69, 9.17) is 23.2 Å². The number of carbonyl (C=O) groups excluding carboxylic acids is 1. The van der Waals surface area contributed by atoms with Crippen LogP contribution in [0.1, 0.15) is 15.9 Å². The number of hydrogen-bond acceptors (Lipinski definition) is 2. The van der Waals surface area contributed by atoms with Crippen molar-refractivity contribution in [3.05, 3.63) is 51.8 Å². The monoisotopic (exact) mass is 322 g/mol. The minimum Gasteiger partial charge on any atom is -0.284 e. The highest BCUT2D eigenvalue weighted by Gasteiger charge is 2.39. The predicted octanol–water partition coefficient (Wildman–Crippen LogP) is 3.98. The lowest BCUT2D eigenvalue weighted by molar-refractivity contribution is -0.0885. The second-order valence-corrected chi connectivity index (χ2v) is 4.82. The maximum atomic E-state index is 12.2. The molecule has 0 bridgehead atoms. The van der Waals surface area contributed by atoms with Crippen molar-refractivity contribution in [1.29, 1.82) is 0 Å². The highest BCUT2D eigenvalue weighted by Crippen LogP contribution is 2.24. The van der Waals surface area contributed by atoms with E-state index in [9.17, 15) is 18.0 Å². The van der Waals surface area contributed by atoms with Gasteiger partial charge < -0.3 is 0 Å². The van der Waals surface area contributed by atoms with Crippen molar-refractivity contribution in [3.8, 4) is 0 Å². The second kappa shape index (κ2) is 5.46. The van der Waals surface area contributed by atoms with Crippen molar-refractivity contribution < 1.29 is 18.0 Å². The van der Waals surface area contributed by atoms with Crippen molar-refractivity contribution in [2.24, 2.45) is 0 Å². The SMILES string of the molecule is O=C(c1cnn(Cc2ccc(Cl)c(Cl)c2)c1)C(F)(F)F. The number of Topliss-reactive ketones (excluding diaryl/α,β-unsaturated/α-hetero) is 1. The molecule has 0 saturated heterocycles. The molecule has 0 spiro atoms. The maximum Gasteiger partial charge on any atom is 0.454 e. The molecule has 106 valence electrons. The van der Waals surface area contributed by atoms with Crippen LogP contribution in [0.5, 0.6) is 0 Å². The molecule has 0 radical (unpaired) electrons. The molecule has 0 N–H and O–H groups in total. The Kier molecular flexibility index (Phi) is 4.06. The van der Waals surface area contributed by atoms with Crippen molar-refractivity contribution in [1.82, 2.24) is 9.78 Å². The lowest BCUT2D eigenvalue weighted by atomic mass is 10.2. The van der Waals surface area contributed by atoms with E-state index in [1.165, 1.54) is 4.68 Å². The zero-order valence-electron chi connectivity index (χ0n) is 9.79. The quantitative estimate of drug-likeness (QED) is 0.801. The van der Waals surface area contributed by atoms with Crippen LogP contribution in [-0.4, -0.2) is 21.7 Å². The summed E-state index contributed by atoms with van der Waals surface area (Å²) in [6.07, 6.45) is -2.98. The van der Waals surface area contributed by atoms with Crippen LogP contribution in [-0.2, 0) is 6.54 Å². The number of rotatable bonds is 3. The van der Waals surface area contributed by atoms with Crippen LogP contribution in [0.3, 0.4) is 0 Å². The molecule has 0 saturated carbocycles. The summed E-state index contributed by atoms with van der Waals surface area (Å²) in [4.78, 5) is 11.0. The lowest BCUT2D eigenvalue weighted by Crippen LogP contribution is -2.22. The van der Waals surface area contributed by atoms with Gasteiger partial charge in [-0.3, -0.25) is 9.48 Å². The van der Waals surface area contributed by atoms with Crippen molar-refractivity contribution in [3.63, 3.8) is 0 Å². The molecular weight excluding hydrogens is 316 g/mol. The molecule has 2 aromatic rings. The van der Waals surface area contributed by atoms with Gasteiger partial charge in [0.25, 0.3) is 5.78 Å². The Balaban J connectivity index is 2.17. The van der Waals surface area contributed by atoms with Crippen LogP contribution in [0.4, 0.5) is 13.2 Å². The van der Waals surface area contributed by atoms with Crippen LogP contribution >= 0.6 is 23.2 Å². The van der Waals surface area contributed by atoms with E-state index in [2.05, 4.69) is 5.10 Å². The van der Waals surface area contributed by atoms with Crippen LogP contribution in [0.15, 0.2) is 30.6 Å². The average molecular weight is 323 g/mol. The summed E-state index contributed by atoms with van der Waals surface area (Å²) in [6.45, 7) is 0.183. The van der Waals surface area contributed by atoms with Gasteiger partial charge in [0.15, 0.2) is 0 Å². The lowest BCUT2D eigenvalue weighted by Gasteiger charge is -2.04. The van der Waals surface area contributed by atoms with Gasteiger partial charge in [0.05, 0.1) is 28.4 Å². The molecule has 0 atom stereocenters. The van der Waals surface area contributed by atoms with Gasteiger partial charge in [0.2, 0.25) is 0 Å². The number of halogens is 5. The van der Waals surface area contributed by atoms with E-state index in [1.54, 1.807) is 18.2 Å². The summed E-state index contributed by atoms with van der Waals surface area (Å²) < 4.78 is 38.0. The van der Waals surface area contributed by atoms with Gasteiger partial charge >= 0.3 is 6.18 Å². The first kappa shape index (κ1) is 14.9. The summed E-state index contributed by atoms with van der Waals surface area (Å²) in [5.74, 6) is -1.92. The molecule has 8 heteroatoms. The Morgan fingerprint density at radius 1 is 1.25 bits per heavy atom. The van der Waals surface area contributed by atoms with Gasteiger partial charge in [-0.25, -0.2) is 0 Å². The number of benzene rings is 1. The van der Waals surface area contributed by atoms with Gasteiger partial charge in [-0.2, -0.15) is 18.3 Å². The molecule has 0 aliphatic heterocycles. The molecule has 0 aliphatic rings. The number of hydrogen-bond donors (Lipinski definition) is 0.